The van der Waals surface area contributed by atoms with Crippen LogP contribution in [-0.2, 0) is 14.3 Å². The summed E-state index contributed by atoms with van der Waals surface area (Å²) in [5.74, 6) is -0.466. The van der Waals surface area contributed by atoms with Crippen molar-refractivity contribution in [1.82, 2.24) is 5.32 Å². The Labute approximate surface area is 368 Å². The molecule has 59 heavy (non-hydrogen) atoms. The second-order valence-electron chi connectivity index (χ2n) is 18.3. The maximum Gasteiger partial charge on any atom is 0.306 e. The molecule has 3 N–H and O–H groups in total. The minimum atomic E-state index is -0.782. The molecule has 0 aromatic rings. The molecule has 0 radical (unpaired) electrons. The molecule has 0 aromatic heterocycles. The van der Waals surface area contributed by atoms with Crippen molar-refractivity contribution >= 4 is 11.9 Å². The molecule has 6 heteroatoms. The Morgan fingerprint density at radius 2 is 0.814 bits per heavy atom. The molecule has 0 spiro atoms. The van der Waals surface area contributed by atoms with Crippen molar-refractivity contribution in [3.63, 3.8) is 0 Å². The fourth-order valence-electron chi connectivity index (χ4n) is 8.31. The van der Waals surface area contributed by atoms with Crippen LogP contribution < -0.4 is 5.32 Å². The average molecular weight is 834 g/mol. The van der Waals surface area contributed by atoms with Gasteiger partial charge in [0.2, 0.25) is 5.91 Å². The number of rotatable bonds is 48. The molecular weight excluding hydrogens is 731 g/mol. The number of amides is 1. The molecule has 3 unspecified atom stereocenters. The van der Waals surface area contributed by atoms with E-state index in [0.717, 1.165) is 51.4 Å². The Bertz CT molecular complexity index is 893. The van der Waals surface area contributed by atoms with Crippen molar-refractivity contribution in [2.75, 3.05) is 6.61 Å². The number of unbranched alkanes of at least 4 members (excludes halogenated alkanes) is 34. The van der Waals surface area contributed by atoms with Crippen LogP contribution in [0.2, 0.25) is 0 Å². The van der Waals surface area contributed by atoms with Gasteiger partial charge in [-0.3, -0.25) is 9.59 Å². The third-order valence-corrected chi connectivity index (χ3v) is 12.3. The number of carbonyl (C=O) groups excluding carboxylic acids is 2. The summed E-state index contributed by atoms with van der Waals surface area (Å²) in [5.41, 5.74) is 0. The first-order valence-corrected chi connectivity index (χ1v) is 26.4. The summed E-state index contributed by atoms with van der Waals surface area (Å²) in [6.45, 7) is 6.48. The summed E-state index contributed by atoms with van der Waals surface area (Å²) in [5, 5.41) is 23.8. The van der Waals surface area contributed by atoms with Crippen LogP contribution in [0.15, 0.2) is 12.2 Å². The van der Waals surface area contributed by atoms with Crippen molar-refractivity contribution in [1.29, 1.82) is 0 Å². The van der Waals surface area contributed by atoms with E-state index in [1.54, 1.807) is 0 Å². The van der Waals surface area contributed by atoms with Crippen LogP contribution in [0.5, 0.6) is 0 Å². The number of hydrogen-bond acceptors (Lipinski definition) is 5. The topological polar surface area (TPSA) is 95.9 Å². The van der Waals surface area contributed by atoms with E-state index < -0.39 is 18.2 Å². The van der Waals surface area contributed by atoms with Crippen LogP contribution in [0.1, 0.15) is 290 Å². The molecule has 0 aliphatic heterocycles. The van der Waals surface area contributed by atoms with E-state index in [-0.39, 0.29) is 24.9 Å². The van der Waals surface area contributed by atoms with E-state index in [1.807, 2.05) is 0 Å². The van der Waals surface area contributed by atoms with Gasteiger partial charge in [-0.05, 0) is 51.4 Å². The molecule has 0 aliphatic rings. The summed E-state index contributed by atoms with van der Waals surface area (Å²) in [6, 6.07) is -0.696. The van der Waals surface area contributed by atoms with Crippen LogP contribution >= 0.6 is 0 Å². The maximum atomic E-state index is 13.2. The lowest BCUT2D eigenvalue weighted by atomic mass is 10.0. The Morgan fingerprint density at radius 1 is 0.475 bits per heavy atom. The molecule has 350 valence electrons. The van der Waals surface area contributed by atoms with Gasteiger partial charge < -0.3 is 20.3 Å². The van der Waals surface area contributed by atoms with Gasteiger partial charge in [0.05, 0.1) is 25.2 Å². The van der Waals surface area contributed by atoms with E-state index in [2.05, 4.69) is 38.2 Å². The molecule has 0 saturated carbocycles. The van der Waals surface area contributed by atoms with Gasteiger partial charge in [-0.25, -0.2) is 0 Å². The Balaban J connectivity index is 4.54. The molecule has 3 atom stereocenters. The molecule has 0 bridgehead atoms. The largest absolute Gasteiger partial charge is 0.462 e. The minimum Gasteiger partial charge on any atom is -0.462 e. The molecule has 0 saturated heterocycles. The summed E-state index contributed by atoms with van der Waals surface area (Å²) in [7, 11) is 0. The van der Waals surface area contributed by atoms with Gasteiger partial charge in [-0.15, -0.1) is 0 Å². The number of ether oxygens (including phenoxy) is 1. The quantitative estimate of drug-likeness (QED) is 0.0322. The predicted octanol–water partition coefficient (Wildman–Crippen LogP) is 15.7. The van der Waals surface area contributed by atoms with Crippen LogP contribution in [0.3, 0.4) is 0 Å². The first-order valence-electron chi connectivity index (χ1n) is 26.4. The molecular formula is C53H103NO5. The fraction of sp³-hybridized carbons (Fsp3) is 0.925. The van der Waals surface area contributed by atoms with Crippen LogP contribution in [0.4, 0.5) is 0 Å². The lowest BCUT2D eigenvalue weighted by molar-refractivity contribution is -0.151. The standard InChI is InChI=1S/C53H103NO5/c1-4-7-10-13-16-19-22-25-26-27-28-29-32-35-38-41-44-49(59-53(58)46-43-40-37-34-31-24-21-18-15-12-9-6-3)47-52(57)54-50(48-55)51(56)45-42-39-36-33-30-23-20-17-14-11-8-5-2/h18,21,49-51,55-56H,4-17,19-20,22-48H2,1-3H3,(H,54,57)/b21-18-. The monoisotopic (exact) mass is 834 g/mol. The number of aliphatic hydroxyl groups excluding tert-OH is 2. The van der Waals surface area contributed by atoms with Gasteiger partial charge in [0.25, 0.3) is 0 Å². The first-order chi connectivity index (χ1) is 29.0. The number of allylic oxidation sites excluding steroid dienone is 2. The van der Waals surface area contributed by atoms with Crippen LogP contribution in [0, 0.1) is 0 Å². The lowest BCUT2D eigenvalue weighted by Crippen LogP contribution is -2.46. The van der Waals surface area contributed by atoms with Gasteiger partial charge in [0.15, 0.2) is 0 Å². The fourth-order valence-corrected chi connectivity index (χ4v) is 8.31. The van der Waals surface area contributed by atoms with E-state index in [1.165, 1.54) is 193 Å². The van der Waals surface area contributed by atoms with Crippen molar-refractivity contribution in [2.24, 2.45) is 0 Å². The lowest BCUT2D eigenvalue weighted by Gasteiger charge is -2.24. The SMILES string of the molecule is CCCCC/C=C\CCCCCCCC(=O)OC(CCCCCCCCCCCCCCCCCC)CC(=O)NC(CO)C(O)CCCCCCCCCCCCCC. The molecule has 0 rings (SSSR count). The molecule has 0 aliphatic carbocycles. The second-order valence-corrected chi connectivity index (χ2v) is 18.3. The molecule has 0 fully saturated rings. The highest BCUT2D eigenvalue weighted by Crippen LogP contribution is 2.19. The van der Waals surface area contributed by atoms with Crippen molar-refractivity contribution in [3.8, 4) is 0 Å². The normalized spacial score (nSPS) is 13.2. The second kappa shape index (κ2) is 47.6. The first kappa shape index (κ1) is 57.6. The molecule has 6 nitrogen and oxygen atoms in total. The van der Waals surface area contributed by atoms with Crippen molar-refractivity contribution < 1.29 is 24.5 Å². The zero-order chi connectivity index (χ0) is 43.1. The van der Waals surface area contributed by atoms with Crippen LogP contribution in [0.25, 0.3) is 0 Å². The highest BCUT2D eigenvalue weighted by molar-refractivity contribution is 5.77. The smallest absolute Gasteiger partial charge is 0.306 e. The van der Waals surface area contributed by atoms with Crippen LogP contribution in [-0.4, -0.2) is 46.9 Å². The third kappa shape index (κ3) is 43.1. The van der Waals surface area contributed by atoms with E-state index in [0.29, 0.717) is 19.3 Å². The van der Waals surface area contributed by atoms with E-state index in [4.69, 9.17) is 4.74 Å². The number of nitrogens with one attached hydrogen (secondary N) is 1. The van der Waals surface area contributed by atoms with Gasteiger partial charge in [-0.1, -0.05) is 238 Å². The van der Waals surface area contributed by atoms with Crippen molar-refractivity contribution in [2.45, 2.75) is 309 Å². The summed E-state index contributed by atoms with van der Waals surface area (Å²) >= 11 is 0. The zero-order valence-electron chi connectivity index (χ0n) is 39.9. The van der Waals surface area contributed by atoms with E-state index in [9.17, 15) is 19.8 Å². The number of aliphatic hydroxyl groups is 2. The number of esters is 1. The highest BCUT2D eigenvalue weighted by atomic mass is 16.5. The number of carbonyl (C=O) groups is 2. The highest BCUT2D eigenvalue weighted by Gasteiger charge is 2.24. The van der Waals surface area contributed by atoms with Gasteiger partial charge in [0.1, 0.15) is 6.10 Å². The molecule has 0 aromatic carbocycles. The Morgan fingerprint density at radius 3 is 1.24 bits per heavy atom. The molecule has 0 heterocycles. The minimum absolute atomic E-state index is 0.0816. The van der Waals surface area contributed by atoms with E-state index >= 15 is 0 Å². The zero-order valence-corrected chi connectivity index (χ0v) is 39.9. The van der Waals surface area contributed by atoms with Gasteiger partial charge in [-0.2, -0.15) is 0 Å². The molecule has 1 amide bonds. The summed E-state index contributed by atoms with van der Waals surface area (Å²) < 4.78 is 5.94. The summed E-state index contributed by atoms with van der Waals surface area (Å²) in [6.07, 6.45) is 52.7. The summed E-state index contributed by atoms with van der Waals surface area (Å²) in [4.78, 5) is 26.1. The van der Waals surface area contributed by atoms with Gasteiger partial charge in [0, 0.05) is 6.42 Å². The predicted molar refractivity (Wildman–Crippen MR) is 255 cm³/mol. The average Bonchev–Trinajstić information content (AvgIpc) is 3.23. The Kier molecular flexibility index (Phi) is 46.5. The van der Waals surface area contributed by atoms with Crippen molar-refractivity contribution in [3.05, 3.63) is 12.2 Å². The maximum absolute atomic E-state index is 13.2. The van der Waals surface area contributed by atoms with Gasteiger partial charge >= 0.3 is 5.97 Å². The number of hydrogen-bond donors (Lipinski definition) is 3. The Hall–Kier alpha value is -1.40. The third-order valence-electron chi connectivity index (χ3n) is 12.3.